The van der Waals surface area contributed by atoms with Crippen LogP contribution in [0.5, 0.6) is 0 Å². The van der Waals surface area contributed by atoms with Crippen molar-refractivity contribution in [3.05, 3.63) is 34.9 Å². The number of carbonyl (C=O) groups excluding carboxylic acids is 2. The summed E-state index contributed by atoms with van der Waals surface area (Å²) in [5.74, 6) is -0.510. The van der Waals surface area contributed by atoms with Crippen LogP contribution in [0, 0.1) is 0 Å². The number of aryl methyl sites for hydroxylation is 1. The Kier molecular flexibility index (Phi) is 6.23. The van der Waals surface area contributed by atoms with E-state index in [9.17, 15) is 18.0 Å². The molecule has 1 saturated heterocycles. The van der Waals surface area contributed by atoms with Crippen LogP contribution in [0.15, 0.2) is 24.3 Å². The molecule has 1 atom stereocenters. The molecule has 2 amide bonds. The summed E-state index contributed by atoms with van der Waals surface area (Å²) in [4.78, 5) is 25.7. The van der Waals surface area contributed by atoms with Crippen LogP contribution in [-0.4, -0.2) is 55.8 Å². The van der Waals surface area contributed by atoms with Crippen LogP contribution in [0.25, 0.3) is 0 Å². The Morgan fingerprint density at radius 1 is 1.29 bits per heavy atom. The van der Waals surface area contributed by atoms with E-state index in [2.05, 4.69) is 5.32 Å². The summed E-state index contributed by atoms with van der Waals surface area (Å²) in [6.07, 6.45) is 0.793. The van der Waals surface area contributed by atoms with Crippen LogP contribution in [0.1, 0.15) is 18.9 Å². The maximum atomic E-state index is 12.3. The van der Waals surface area contributed by atoms with Gasteiger partial charge in [0.2, 0.25) is 11.8 Å². The van der Waals surface area contributed by atoms with Crippen LogP contribution in [0.3, 0.4) is 0 Å². The maximum Gasteiger partial charge on any atom is 0.244 e. The molecule has 0 radical (unpaired) electrons. The highest BCUT2D eigenvalue weighted by atomic mass is 35.5. The molecule has 6 nitrogen and oxygen atoms in total. The SMILES string of the molecule is CC(NC(=O)CCc1cccc(Cl)c1)C(=O)N1CCS(=O)(=O)CC1. The predicted octanol–water partition coefficient (Wildman–Crippen LogP) is 1.03. The van der Waals surface area contributed by atoms with Crippen molar-refractivity contribution in [2.75, 3.05) is 24.6 Å². The van der Waals surface area contributed by atoms with E-state index >= 15 is 0 Å². The standard InChI is InChI=1S/C16H21ClN2O4S/c1-12(16(21)19-7-9-24(22,23)10-8-19)18-15(20)6-5-13-3-2-4-14(17)11-13/h2-4,11-12H,5-10H2,1H3,(H,18,20). The van der Waals surface area contributed by atoms with E-state index < -0.39 is 15.9 Å². The van der Waals surface area contributed by atoms with Gasteiger partial charge >= 0.3 is 0 Å². The first-order chi connectivity index (χ1) is 11.3. The zero-order valence-electron chi connectivity index (χ0n) is 13.5. The van der Waals surface area contributed by atoms with Crippen molar-refractivity contribution in [2.24, 2.45) is 0 Å². The van der Waals surface area contributed by atoms with E-state index in [-0.39, 0.29) is 42.8 Å². The highest BCUT2D eigenvalue weighted by Crippen LogP contribution is 2.12. The minimum atomic E-state index is -3.03. The van der Waals surface area contributed by atoms with Crippen molar-refractivity contribution in [3.8, 4) is 0 Å². The fraction of sp³-hybridized carbons (Fsp3) is 0.500. The highest BCUT2D eigenvalue weighted by molar-refractivity contribution is 7.91. The fourth-order valence-electron chi connectivity index (χ4n) is 2.53. The molecule has 1 unspecified atom stereocenters. The lowest BCUT2D eigenvalue weighted by molar-refractivity contribution is -0.135. The number of hydrogen-bond donors (Lipinski definition) is 1. The van der Waals surface area contributed by atoms with Gasteiger partial charge in [-0.1, -0.05) is 23.7 Å². The first-order valence-electron chi connectivity index (χ1n) is 7.80. The van der Waals surface area contributed by atoms with E-state index in [1.165, 1.54) is 4.90 Å². The highest BCUT2D eigenvalue weighted by Gasteiger charge is 2.28. The van der Waals surface area contributed by atoms with E-state index in [1.807, 2.05) is 12.1 Å². The number of amides is 2. The van der Waals surface area contributed by atoms with Gasteiger partial charge in [0.25, 0.3) is 0 Å². The minimum Gasteiger partial charge on any atom is -0.345 e. The third kappa shape index (κ3) is 5.49. The molecule has 1 heterocycles. The third-order valence-electron chi connectivity index (χ3n) is 3.93. The Bertz CT molecular complexity index is 707. The Labute approximate surface area is 147 Å². The van der Waals surface area contributed by atoms with Gasteiger partial charge in [-0.15, -0.1) is 0 Å². The second-order valence-electron chi connectivity index (χ2n) is 5.90. The molecular formula is C16H21ClN2O4S. The molecule has 1 aliphatic rings. The number of sulfone groups is 1. The monoisotopic (exact) mass is 372 g/mol. The van der Waals surface area contributed by atoms with Gasteiger partial charge < -0.3 is 10.2 Å². The van der Waals surface area contributed by atoms with Crippen LogP contribution >= 0.6 is 11.6 Å². The summed E-state index contributed by atoms with van der Waals surface area (Å²) in [6, 6.07) is 6.62. The molecule has 0 bridgehead atoms. The molecule has 0 saturated carbocycles. The van der Waals surface area contributed by atoms with E-state index in [0.29, 0.717) is 11.4 Å². The predicted molar refractivity (Wildman–Crippen MR) is 92.6 cm³/mol. The number of benzene rings is 1. The molecule has 24 heavy (non-hydrogen) atoms. The van der Waals surface area contributed by atoms with Crippen LogP contribution < -0.4 is 5.32 Å². The molecule has 1 N–H and O–H groups in total. The van der Waals surface area contributed by atoms with E-state index in [4.69, 9.17) is 11.6 Å². The first-order valence-corrected chi connectivity index (χ1v) is 10.00. The van der Waals surface area contributed by atoms with Crippen LogP contribution in [-0.2, 0) is 25.8 Å². The summed E-state index contributed by atoms with van der Waals surface area (Å²) < 4.78 is 22.8. The molecule has 1 aromatic carbocycles. The normalized spacial score (nSPS) is 18.0. The summed E-state index contributed by atoms with van der Waals surface area (Å²) in [6.45, 7) is 1.98. The topological polar surface area (TPSA) is 83.6 Å². The van der Waals surface area contributed by atoms with Gasteiger partial charge in [-0.05, 0) is 31.0 Å². The first kappa shape index (κ1) is 18.7. The van der Waals surface area contributed by atoms with Crippen LogP contribution in [0.4, 0.5) is 0 Å². The number of hydrogen-bond acceptors (Lipinski definition) is 4. The smallest absolute Gasteiger partial charge is 0.244 e. The van der Waals surface area contributed by atoms with Gasteiger partial charge in [-0.2, -0.15) is 0 Å². The second kappa shape index (κ2) is 7.98. The summed E-state index contributed by atoms with van der Waals surface area (Å²) in [5.41, 5.74) is 0.956. The quantitative estimate of drug-likeness (QED) is 0.836. The number of carbonyl (C=O) groups is 2. The Morgan fingerprint density at radius 3 is 2.58 bits per heavy atom. The summed E-state index contributed by atoms with van der Waals surface area (Å²) >= 11 is 5.90. The van der Waals surface area contributed by atoms with Crippen LogP contribution in [0.2, 0.25) is 5.02 Å². The largest absolute Gasteiger partial charge is 0.345 e. The minimum absolute atomic E-state index is 0.0197. The Balaban J connectivity index is 1.79. The molecule has 0 aliphatic carbocycles. The molecule has 1 aliphatic heterocycles. The van der Waals surface area contributed by atoms with Crippen molar-refractivity contribution in [3.63, 3.8) is 0 Å². The van der Waals surface area contributed by atoms with Gasteiger partial charge in [0, 0.05) is 24.5 Å². The molecule has 0 spiro atoms. The van der Waals surface area contributed by atoms with Crippen molar-refractivity contribution >= 4 is 33.3 Å². The lowest BCUT2D eigenvalue weighted by Gasteiger charge is -2.29. The molecule has 2 rings (SSSR count). The molecular weight excluding hydrogens is 352 g/mol. The van der Waals surface area contributed by atoms with Crippen molar-refractivity contribution in [1.29, 1.82) is 0 Å². The van der Waals surface area contributed by atoms with Crippen molar-refractivity contribution in [1.82, 2.24) is 10.2 Å². The average molecular weight is 373 g/mol. The van der Waals surface area contributed by atoms with E-state index in [0.717, 1.165) is 5.56 Å². The lowest BCUT2D eigenvalue weighted by atomic mass is 10.1. The molecule has 1 fully saturated rings. The zero-order chi connectivity index (χ0) is 17.7. The van der Waals surface area contributed by atoms with Gasteiger partial charge in [-0.3, -0.25) is 9.59 Å². The molecule has 8 heteroatoms. The molecule has 132 valence electrons. The summed E-state index contributed by atoms with van der Waals surface area (Å²) in [5, 5.41) is 3.29. The number of nitrogens with one attached hydrogen (secondary N) is 1. The molecule has 1 aromatic rings. The zero-order valence-corrected chi connectivity index (χ0v) is 15.1. The number of nitrogens with zero attached hydrogens (tertiary/aromatic N) is 1. The second-order valence-corrected chi connectivity index (χ2v) is 8.64. The van der Waals surface area contributed by atoms with Gasteiger partial charge in [0.15, 0.2) is 9.84 Å². The maximum absolute atomic E-state index is 12.3. The van der Waals surface area contributed by atoms with Gasteiger partial charge in [-0.25, -0.2) is 8.42 Å². The lowest BCUT2D eigenvalue weighted by Crippen LogP contribution is -2.51. The number of halogens is 1. The van der Waals surface area contributed by atoms with Crippen molar-refractivity contribution in [2.45, 2.75) is 25.8 Å². The number of rotatable bonds is 5. The fourth-order valence-corrected chi connectivity index (χ4v) is 3.95. The van der Waals surface area contributed by atoms with Gasteiger partial charge in [0.05, 0.1) is 11.5 Å². The van der Waals surface area contributed by atoms with Crippen molar-refractivity contribution < 1.29 is 18.0 Å². The molecule has 0 aromatic heterocycles. The third-order valence-corrected chi connectivity index (χ3v) is 5.78. The average Bonchev–Trinajstić information content (AvgIpc) is 2.52. The van der Waals surface area contributed by atoms with E-state index in [1.54, 1.807) is 19.1 Å². The summed E-state index contributed by atoms with van der Waals surface area (Å²) in [7, 11) is -3.03. The van der Waals surface area contributed by atoms with Gasteiger partial charge in [0.1, 0.15) is 6.04 Å². The Morgan fingerprint density at radius 2 is 1.96 bits per heavy atom. The Hall–Kier alpha value is -1.60.